The summed E-state index contributed by atoms with van der Waals surface area (Å²) in [5.74, 6) is -0.709. The van der Waals surface area contributed by atoms with E-state index in [1.54, 1.807) is 10.6 Å². The summed E-state index contributed by atoms with van der Waals surface area (Å²) in [4.78, 5) is 16.7. The number of pyridine rings is 1. The molecule has 4 rings (SSSR count). The third-order valence-corrected chi connectivity index (χ3v) is 4.22. The molecule has 4 nitrogen and oxygen atoms in total. The lowest BCUT2D eigenvalue weighted by molar-refractivity contribution is 0.102. The number of aromatic nitrogens is 2. The molecule has 0 radical (unpaired) electrons. The Labute approximate surface area is 153 Å². The van der Waals surface area contributed by atoms with Gasteiger partial charge in [-0.1, -0.05) is 23.7 Å². The van der Waals surface area contributed by atoms with Crippen molar-refractivity contribution in [2.24, 2.45) is 0 Å². The van der Waals surface area contributed by atoms with Crippen LogP contribution in [-0.4, -0.2) is 15.3 Å². The molecule has 1 amide bonds. The number of nitrogens with one attached hydrogen (secondary N) is 1. The number of rotatable bonds is 3. The quantitative estimate of drug-likeness (QED) is 0.552. The number of halogens is 2. The molecule has 6 heteroatoms. The van der Waals surface area contributed by atoms with E-state index in [-0.39, 0.29) is 17.4 Å². The van der Waals surface area contributed by atoms with Gasteiger partial charge in [-0.15, -0.1) is 0 Å². The first-order valence-corrected chi connectivity index (χ1v) is 8.28. The van der Waals surface area contributed by atoms with Gasteiger partial charge in [0.2, 0.25) is 0 Å². The average molecular weight is 366 g/mol. The molecular formula is C20H13ClFN3O. The third-order valence-electron chi connectivity index (χ3n) is 3.96. The van der Waals surface area contributed by atoms with Crippen molar-refractivity contribution in [1.29, 1.82) is 0 Å². The van der Waals surface area contributed by atoms with Crippen LogP contribution in [0.1, 0.15) is 10.5 Å². The van der Waals surface area contributed by atoms with Crippen molar-refractivity contribution in [3.05, 3.63) is 89.6 Å². The largest absolute Gasteiger partial charge is 0.321 e. The van der Waals surface area contributed by atoms with E-state index in [9.17, 15) is 9.18 Å². The molecule has 0 spiro atoms. The number of amides is 1. The maximum Gasteiger partial charge on any atom is 0.275 e. The Kier molecular flexibility index (Phi) is 4.14. The number of benzene rings is 2. The Morgan fingerprint density at radius 3 is 2.35 bits per heavy atom. The van der Waals surface area contributed by atoms with E-state index >= 15 is 0 Å². The Hall–Kier alpha value is -3.18. The summed E-state index contributed by atoms with van der Waals surface area (Å²) in [7, 11) is 0. The summed E-state index contributed by atoms with van der Waals surface area (Å²) >= 11 is 5.93. The fraction of sp³-hybridized carbons (Fsp3) is 0. The van der Waals surface area contributed by atoms with Crippen molar-refractivity contribution in [2.75, 3.05) is 5.32 Å². The highest BCUT2D eigenvalue weighted by atomic mass is 35.5. The molecule has 4 aromatic rings. The number of carbonyl (C=O) groups is 1. The molecule has 0 saturated carbocycles. The van der Waals surface area contributed by atoms with Gasteiger partial charge in [-0.05, 0) is 59.7 Å². The second-order valence-electron chi connectivity index (χ2n) is 5.78. The predicted molar refractivity (Wildman–Crippen MR) is 100.0 cm³/mol. The topological polar surface area (TPSA) is 46.4 Å². The molecule has 0 atom stereocenters. The Morgan fingerprint density at radius 2 is 1.62 bits per heavy atom. The van der Waals surface area contributed by atoms with Crippen LogP contribution in [0.5, 0.6) is 0 Å². The molecule has 2 aromatic carbocycles. The average Bonchev–Trinajstić information content (AvgIpc) is 3.08. The second-order valence-corrected chi connectivity index (χ2v) is 6.21. The summed E-state index contributed by atoms with van der Waals surface area (Å²) in [5, 5.41) is 3.38. The zero-order valence-electron chi connectivity index (χ0n) is 13.5. The van der Waals surface area contributed by atoms with Gasteiger partial charge in [0, 0.05) is 23.1 Å². The van der Waals surface area contributed by atoms with Crippen LogP contribution in [0.4, 0.5) is 10.1 Å². The lowest BCUT2D eigenvalue weighted by atomic mass is 10.1. The van der Waals surface area contributed by atoms with Crippen LogP contribution in [0.2, 0.25) is 5.02 Å². The fourth-order valence-electron chi connectivity index (χ4n) is 2.64. The van der Waals surface area contributed by atoms with Crippen LogP contribution in [0.15, 0.2) is 73.1 Å². The number of imidazole rings is 1. The third kappa shape index (κ3) is 3.30. The SMILES string of the molecule is O=C(Nc1ccc(F)cc1)c1cn2cc(-c3ccc(Cl)cc3)ccc2n1. The predicted octanol–water partition coefficient (Wildman–Crippen LogP) is 5.05. The van der Waals surface area contributed by atoms with E-state index < -0.39 is 0 Å². The Morgan fingerprint density at radius 1 is 0.923 bits per heavy atom. The van der Waals surface area contributed by atoms with Gasteiger partial charge < -0.3 is 9.72 Å². The summed E-state index contributed by atoms with van der Waals surface area (Å²) in [6.07, 6.45) is 3.56. The van der Waals surface area contributed by atoms with Gasteiger partial charge in [0.05, 0.1) is 0 Å². The smallest absolute Gasteiger partial charge is 0.275 e. The molecule has 0 fully saturated rings. The summed E-state index contributed by atoms with van der Waals surface area (Å²) in [5.41, 5.74) is 3.45. The molecular weight excluding hydrogens is 353 g/mol. The maximum absolute atomic E-state index is 13.0. The number of fused-ring (bicyclic) bond motifs is 1. The van der Waals surface area contributed by atoms with Crippen molar-refractivity contribution in [1.82, 2.24) is 9.38 Å². The molecule has 1 N–H and O–H groups in total. The molecule has 0 saturated heterocycles. The van der Waals surface area contributed by atoms with Crippen LogP contribution in [0.25, 0.3) is 16.8 Å². The van der Waals surface area contributed by atoms with Crippen LogP contribution in [-0.2, 0) is 0 Å². The van der Waals surface area contributed by atoms with Crippen molar-refractivity contribution >= 4 is 28.8 Å². The minimum Gasteiger partial charge on any atom is -0.321 e. The van der Waals surface area contributed by atoms with Crippen molar-refractivity contribution in [3.63, 3.8) is 0 Å². The molecule has 0 aliphatic rings. The van der Waals surface area contributed by atoms with E-state index in [2.05, 4.69) is 10.3 Å². The van der Waals surface area contributed by atoms with Crippen molar-refractivity contribution in [3.8, 4) is 11.1 Å². The van der Waals surface area contributed by atoms with E-state index in [4.69, 9.17) is 11.6 Å². The number of hydrogen-bond donors (Lipinski definition) is 1. The molecule has 0 unspecified atom stereocenters. The first kappa shape index (κ1) is 16.3. The minimum absolute atomic E-state index is 0.280. The van der Waals surface area contributed by atoms with Gasteiger partial charge in [0.25, 0.3) is 5.91 Å². The van der Waals surface area contributed by atoms with Gasteiger partial charge in [0.1, 0.15) is 17.2 Å². The van der Waals surface area contributed by atoms with E-state index in [1.807, 2.05) is 42.6 Å². The van der Waals surface area contributed by atoms with Crippen LogP contribution >= 0.6 is 11.6 Å². The molecule has 0 bridgehead atoms. The van der Waals surface area contributed by atoms with Crippen LogP contribution in [0, 0.1) is 5.82 Å². The molecule has 2 heterocycles. The Balaban J connectivity index is 1.61. The zero-order chi connectivity index (χ0) is 18.1. The molecule has 128 valence electrons. The van der Waals surface area contributed by atoms with E-state index in [0.29, 0.717) is 16.4 Å². The number of nitrogens with zero attached hydrogens (tertiary/aromatic N) is 2. The summed E-state index contributed by atoms with van der Waals surface area (Å²) in [6.45, 7) is 0. The lowest BCUT2D eigenvalue weighted by Crippen LogP contribution is -2.12. The van der Waals surface area contributed by atoms with Gasteiger partial charge in [-0.3, -0.25) is 4.79 Å². The molecule has 26 heavy (non-hydrogen) atoms. The van der Waals surface area contributed by atoms with Crippen LogP contribution < -0.4 is 5.32 Å². The highest BCUT2D eigenvalue weighted by Gasteiger charge is 2.12. The maximum atomic E-state index is 13.0. The highest BCUT2D eigenvalue weighted by Crippen LogP contribution is 2.22. The second kappa shape index (κ2) is 6.61. The number of carbonyl (C=O) groups excluding carboxylic acids is 1. The first-order valence-electron chi connectivity index (χ1n) is 7.90. The normalized spacial score (nSPS) is 10.8. The van der Waals surface area contributed by atoms with Gasteiger partial charge in [-0.25, -0.2) is 9.37 Å². The number of hydrogen-bond acceptors (Lipinski definition) is 2. The summed E-state index contributed by atoms with van der Waals surface area (Å²) < 4.78 is 14.7. The van der Waals surface area contributed by atoms with Gasteiger partial charge in [0.15, 0.2) is 0 Å². The Bertz CT molecular complexity index is 1090. The summed E-state index contributed by atoms with van der Waals surface area (Å²) in [6, 6.07) is 16.9. The highest BCUT2D eigenvalue weighted by molar-refractivity contribution is 6.30. The molecule has 2 aromatic heterocycles. The van der Waals surface area contributed by atoms with Gasteiger partial charge >= 0.3 is 0 Å². The van der Waals surface area contributed by atoms with E-state index in [1.165, 1.54) is 24.3 Å². The van der Waals surface area contributed by atoms with Crippen LogP contribution in [0.3, 0.4) is 0 Å². The lowest BCUT2D eigenvalue weighted by Gasteiger charge is -2.02. The standard InChI is InChI=1S/C20H13ClFN3O/c21-15-4-1-13(2-5-15)14-3-10-19-24-18(12-25(19)11-14)20(26)23-17-8-6-16(22)7-9-17/h1-12H,(H,23,26). The zero-order valence-corrected chi connectivity index (χ0v) is 14.2. The first-order chi connectivity index (χ1) is 12.6. The van der Waals surface area contributed by atoms with Crippen molar-refractivity contribution < 1.29 is 9.18 Å². The molecule has 0 aliphatic heterocycles. The molecule has 0 aliphatic carbocycles. The monoisotopic (exact) mass is 365 g/mol. The minimum atomic E-state index is -0.356. The van der Waals surface area contributed by atoms with Gasteiger partial charge in [-0.2, -0.15) is 0 Å². The van der Waals surface area contributed by atoms with Crippen molar-refractivity contribution in [2.45, 2.75) is 0 Å². The van der Waals surface area contributed by atoms with E-state index in [0.717, 1.165) is 11.1 Å². The fourth-order valence-corrected chi connectivity index (χ4v) is 2.77. The number of anilines is 1.